The lowest BCUT2D eigenvalue weighted by molar-refractivity contribution is -0.120. The highest BCUT2D eigenvalue weighted by molar-refractivity contribution is 7.99. The normalized spacial score (nSPS) is 12.5. The monoisotopic (exact) mass is 393 g/mol. The summed E-state index contributed by atoms with van der Waals surface area (Å²) in [5.74, 6) is -0.289. The van der Waals surface area contributed by atoms with Crippen molar-refractivity contribution in [1.82, 2.24) is 0 Å². The summed E-state index contributed by atoms with van der Waals surface area (Å²) in [6, 6.07) is 16.7. The summed E-state index contributed by atoms with van der Waals surface area (Å²) in [5, 5.41) is 2.94. The van der Waals surface area contributed by atoms with Crippen molar-refractivity contribution in [3.63, 3.8) is 0 Å². The molecular formula is C19H24ClN3O2S. The molecule has 0 radical (unpaired) electrons. The lowest BCUT2D eigenvalue weighted by Gasteiger charge is -2.20. The van der Waals surface area contributed by atoms with Gasteiger partial charge in [0.15, 0.2) is 0 Å². The first kappa shape index (κ1) is 22.0. The summed E-state index contributed by atoms with van der Waals surface area (Å²) in [7, 11) is 0. The minimum atomic E-state index is -0.383. The van der Waals surface area contributed by atoms with E-state index in [1.807, 2.05) is 61.5 Å². The van der Waals surface area contributed by atoms with E-state index in [1.54, 1.807) is 0 Å². The summed E-state index contributed by atoms with van der Waals surface area (Å²) in [4.78, 5) is 24.4. The van der Waals surface area contributed by atoms with E-state index in [2.05, 4.69) is 5.32 Å². The van der Waals surface area contributed by atoms with E-state index >= 15 is 0 Å². The van der Waals surface area contributed by atoms with Gasteiger partial charge in [0.1, 0.15) is 0 Å². The Morgan fingerprint density at radius 1 is 1.08 bits per heavy atom. The second-order valence-corrected chi connectivity index (χ2v) is 6.91. The summed E-state index contributed by atoms with van der Waals surface area (Å²) >= 11 is 1.49. The van der Waals surface area contributed by atoms with Crippen molar-refractivity contribution in [1.29, 1.82) is 0 Å². The highest BCUT2D eigenvalue weighted by Crippen LogP contribution is 2.29. The topological polar surface area (TPSA) is 98.2 Å². The first-order chi connectivity index (χ1) is 12.0. The van der Waals surface area contributed by atoms with Crippen molar-refractivity contribution in [3.05, 3.63) is 60.2 Å². The van der Waals surface area contributed by atoms with Crippen LogP contribution in [-0.2, 0) is 9.59 Å². The molecular weight excluding hydrogens is 370 g/mol. The molecule has 2 rings (SSSR count). The largest absolute Gasteiger partial charge is 0.370 e. The van der Waals surface area contributed by atoms with Crippen LogP contribution in [0.5, 0.6) is 0 Å². The molecule has 0 spiro atoms. The summed E-state index contributed by atoms with van der Waals surface area (Å²) in [6.07, 6.45) is 0.294. The lowest BCUT2D eigenvalue weighted by Crippen LogP contribution is -2.30. The van der Waals surface area contributed by atoms with Gasteiger partial charge in [0.05, 0.1) is 11.6 Å². The van der Waals surface area contributed by atoms with E-state index < -0.39 is 0 Å². The van der Waals surface area contributed by atoms with Crippen molar-refractivity contribution in [2.75, 3.05) is 11.1 Å². The Hall–Kier alpha value is -2.02. The number of benzene rings is 2. The molecule has 0 aromatic heterocycles. The fraction of sp³-hybridized carbons (Fsp3) is 0.263. The van der Waals surface area contributed by atoms with Crippen molar-refractivity contribution >= 4 is 41.7 Å². The van der Waals surface area contributed by atoms with Crippen LogP contribution < -0.4 is 16.8 Å². The minimum Gasteiger partial charge on any atom is -0.370 e. The van der Waals surface area contributed by atoms with Crippen LogP contribution in [0.2, 0.25) is 0 Å². The second kappa shape index (κ2) is 10.9. The number of nitrogens with one attached hydrogen (secondary N) is 1. The molecule has 2 unspecified atom stereocenters. The second-order valence-electron chi connectivity index (χ2n) is 5.78. The zero-order valence-corrected chi connectivity index (χ0v) is 16.2. The van der Waals surface area contributed by atoms with Gasteiger partial charge in [-0.3, -0.25) is 9.59 Å². The van der Waals surface area contributed by atoms with E-state index in [1.165, 1.54) is 11.8 Å². The molecule has 0 heterocycles. The molecule has 0 fully saturated rings. The van der Waals surface area contributed by atoms with Crippen LogP contribution >= 0.6 is 24.2 Å². The molecule has 5 nitrogen and oxygen atoms in total. The average molecular weight is 394 g/mol. The molecule has 0 saturated heterocycles. The van der Waals surface area contributed by atoms with Gasteiger partial charge in [-0.25, -0.2) is 0 Å². The van der Waals surface area contributed by atoms with Crippen LogP contribution in [-0.4, -0.2) is 17.6 Å². The molecule has 2 atom stereocenters. The number of para-hydroxylation sites is 1. The zero-order chi connectivity index (χ0) is 18.2. The molecule has 140 valence electrons. The van der Waals surface area contributed by atoms with Crippen LogP contribution in [0, 0.1) is 5.92 Å². The summed E-state index contributed by atoms with van der Waals surface area (Å²) < 4.78 is 0. The molecule has 2 amide bonds. The Morgan fingerprint density at radius 2 is 1.69 bits per heavy atom. The van der Waals surface area contributed by atoms with Crippen molar-refractivity contribution in [3.8, 4) is 0 Å². The number of nitrogens with two attached hydrogens (primary N) is 2. The Kier molecular flexibility index (Phi) is 9.19. The van der Waals surface area contributed by atoms with Gasteiger partial charge in [0.2, 0.25) is 11.8 Å². The summed E-state index contributed by atoms with van der Waals surface area (Å²) in [5.41, 5.74) is 13.0. The van der Waals surface area contributed by atoms with Crippen LogP contribution in [0.3, 0.4) is 0 Å². The fourth-order valence-electron chi connectivity index (χ4n) is 2.33. The standard InChI is InChI=1S/C19H23N3O2S.ClH/c1-13(18(21)14-7-3-2-4-8-14)19(24)22-15-9-5-6-10-16(15)25-12-11-17(20)23;/h2-10,13,18H,11-12,21H2,1H3,(H2,20,23)(H,22,24);1H. The molecule has 0 saturated carbocycles. The van der Waals surface area contributed by atoms with Gasteiger partial charge in [-0.1, -0.05) is 49.4 Å². The highest BCUT2D eigenvalue weighted by atomic mass is 35.5. The van der Waals surface area contributed by atoms with Crippen molar-refractivity contribution < 1.29 is 9.59 Å². The SMILES string of the molecule is CC(C(=O)Nc1ccccc1SCCC(N)=O)C(N)c1ccccc1.Cl. The number of carbonyl (C=O) groups excluding carboxylic acids is 2. The van der Waals surface area contributed by atoms with Gasteiger partial charge in [-0.05, 0) is 17.7 Å². The number of hydrogen-bond donors (Lipinski definition) is 3. The molecule has 2 aromatic carbocycles. The number of halogens is 1. The maximum Gasteiger partial charge on any atom is 0.229 e. The molecule has 0 aliphatic heterocycles. The van der Waals surface area contributed by atoms with Crippen LogP contribution in [0.4, 0.5) is 5.69 Å². The first-order valence-corrected chi connectivity index (χ1v) is 9.09. The molecule has 0 bridgehead atoms. The predicted octanol–water partition coefficient (Wildman–Crippen LogP) is 3.35. The molecule has 5 N–H and O–H groups in total. The quantitative estimate of drug-likeness (QED) is 0.599. The molecule has 2 aromatic rings. The number of primary amides is 1. The number of hydrogen-bond acceptors (Lipinski definition) is 4. The Balaban J connectivity index is 0.00000338. The predicted molar refractivity (Wildman–Crippen MR) is 109 cm³/mol. The Morgan fingerprint density at radius 3 is 2.35 bits per heavy atom. The maximum absolute atomic E-state index is 12.6. The van der Waals surface area contributed by atoms with Crippen LogP contribution in [0.25, 0.3) is 0 Å². The smallest absolute Gasteiger partial charge is 0.229 e. The van der Waals surface area contributed by atoms with E-state index in [0.717, 1.165) is 10.5 Å². The fourth-order valence-corrected chi connectivity index (χ4v) is 3.30. The third-order valence-electron chi connectivity index (χ3n) is 3.89. The zero-order valence-electron chi connectivity index (χ0n) is 14.6. The minimum absolute atomic E-state index is 0. The van der Waals surface area contributed by atoms with Gasteiger partial charge in [0.25, 0.3) is 0 Å². The van der Waals surface area contributed by atoms with Crippen molar-refractivity contribution in [2.45, 2.75) is 24.3 Å². The van der Waals surface area contributed by atoms with Crippen molar-refractivity contribution in [2.24, 2.45) is 17.4 Å². The van der Waals surface area contributed by atoms with Gasteiger partial charge >= 0.3 is 0 Å². The Labute approximate surface area is 164 Å². The molecule has 26 heavy (non-hydrogen) atoms. The molecule has 7 heteroatoms. The third kappa shape index (κ3) is 6.37. The number of carbonyl (C=O) groups is 2. The lowest BCUT2D eigenvalue weighted by atomic mass is 9.94. The number of thioether (sulfide) groups is 1. The van der Waals surface area contributed by atoms with Gasteiger partial charge < -0.3 is 16.8 Å². The Bertz CT molecular complexity index is 728. The van der Waals surface area contributed by atoms with E-state index in [-0.39, 0.29) is 36.2 Å². The highest BCUT2D eigenvalue weighted by Gasteiger charge is 2.22. The average Bonchev–Trinajstić information content (AvgIpc) is 2.62. The van der Waals surface area contributed by atoms with Gasteiger partial charge in [0, 0.05) is 23.1 Å². The number of rotatable bonds is 8. The van der Waals surface area contributed by atoms with Crippen LogP contribution in [0.1, 0.15) is 24.9 Å². The molecule has 0 aliphatic carbocycles. The van der Waals surface area contributed by atoms with Gasteiger partial charge in [-0.15, -0.1) is 24.2 Å². The molecule has 0 aliphatic rings. The van der Waals surface area contributed by atoms with E-state index in [9.17, 15) is 9.59 Å². The summed E-state index contributed by atoms with van der Waals surface area (Å²) in [6.45, 7) is 1.82. The maximum atomic E-state index is 12.6. The number of amides is 2. The van der Waals surface area contributed by atoms with Crippen LogP contribution in [0.15, 0.2) is 59.5 Å². The van der Waals surface area contributed by atoms with Gasteiger partial charge in [-0.2, -0.15) is 0 Å². The van der Waals surface area contributed by atoms with E-state index in [0.29, 0.717) is 17.9 Å². The number of anilines is 1. The third-order valence-corrected chi connectivity index (χ3v) is 4.96. The van der Waals surface area contributed by atoms with E-state index in [4.69, 9.17) is 11.5 Å². The first-order valence-electron chi connectivity index (χ1n) is 8.10.